The Morgan fingerprint density at radius 3 is 2.14 bits per heavy atom. The van der Waals surface area contributed by atoms with Gasteiger partial charge in [0.15, 0.2) is 6.29 Å². The summed E-state index contributed by atoms with van der Waals surface area (Å²) in [6.07, 6.45) is -1.63. The van der Waals surface area contributed by atoms with Crippen molar-refractivity contribution in [1.82, 2.24) is 0 Å². The number of aliphatic hydroxyl groups is 2. The molecule has 0 bridgehead atoms. The van der Waals surface area contributed by atoms with Crippen molar-refractivity contribution in [3.8, 4) is 5.75 Å². The van der Waals surface area contributed by atoms with Gasteiger partial charge in [0, 0.05) is 5.56 Å². The fourth-order valence-electron chi connectivity index (χ4n) is 1.23. The Balaban J connectivity index is 3.20. The first-order valence-electron chi connectivity index (χ1n) is 4.52. The average molecular weight is 196 g/mol. The second-order valence-corrected chi connectivity index (χ2v) is 4.40. The lowest BCUT2D eigenvalue weighted by Crippen LogP contribution is -2.12. The zero-order valence-electron chi connectivity index (χ0n) is 8.65. The van der Waals surface area contributed by atoms with E-state index in [4.69, 9.17) is 10.2 Å². The molecule has 0 saturated heterocycles. The normalized spacial score (nSPS) is 12.1. The van der Waals surface area contributed by atoms with Crippen LogP contribution in [0.1, 0.15) is 38.2 Å². The largest absolute Gasteiger partial charge is 0.507 e. The molecule has 0 radical (unpaired) electrons. The van der Waals surface area contributed by atoms with E-state index in [1.807, 2.05) is 20.8 Å². The molecule has 0 saturated carbocycles. The maximum Gasteiger partial charge on any atom is 0.182 e. The van der Waals surface area contributed by atoms with Gasteiger partial charge in [-0.1, -0.05) is 26.8 Å². The van der Waals surface area contributed by atoms with Crippen molar-refractivity contribution >= 4 is 0 Å². The second-order valence-electron chi connectivity index (χ2n) is 4.40. The van der Waals surface area contributed by atoms with Crippen LogP contribution < -0.4 is 0 Å². The van der Waals surface area contributed by atoms with Crippen molar-refractivity contribution in [2.45, 2.75) is 32.5 Å². The van der Waals surface area contributed by atoms with Gasteiger partial charge in [0.25, 0.3) is 0 Å². The first-order chi connectivity index (χ1) is 6.32. The molecule has 14 heavy (non-hydrogen) atoms. The molecule has 3 heteroatoms. The monoisotopic (exact) mass is 196 g/mol. The fourth-order valence-corrected chi connectivity index (χ4v) is 1.23. The lowest BCUT2D eigenvalue weighted by molar-refractivity contribution is -0.0439. The summed E-state index contributed by atoms with van der Waals surface area (Å²) >= 11 is 0. The highest BCUT2D eigenvalue weighted by Crippen LogP contribution is 2.29. The first kappa shape index (κ1) is 11.0. The summed E-state index contributed by atoms with van der Waals surface area (Å²) in [6.45, 7) is 6.06. The highest BCUT2D eigenvalue weighted by atomic mass is 16.5. The van der Waals surface area contributed by atoms with E-state index in [2.05, 4.69) is 0 Å². The Morgan fingerprint density at radius 1 is 1.14 bits per heavy atom. The molecular formula is C11H16O3. The Morgan fingerprint density at radius 2 is 1.71 bits per heavy atom. The van der Waals surface area contributed by atoms with Gasteiger partial charge in [-0.3, -0.25) is 0 Å². The van der Waals surface area contributed by atoms with Crippen LogP contribution in [-0.2, 0) is 5.41 Å². The number of hydrogen-bond acceptors (Lipinski definition) is 3. The third kappa shape index (κ3) is 2.25. The number of phenolic OH excluding ortho intramolecular Hbond substituents is 1. The van der Waals surface area contributed by atoms with Crippen molar-refractivity contribution < 1.29 is 15.3 Å². The SMILES string of the molecule is CC(C)(C)c1ccc(O)c(C(O)O)c1. The van der Waals surface area contributed by atoms with E-state index < -0.39 is 6.29 Å². The van der Waals surface area contributed by atoms with E-state index in [0.29, 0.717) is 0 Å². The molecule has 3 nitrogen and oxygen atoms in total. The summed E-state index contributed by atoms with van der Waals surface area (Å²) in [5.41, 5.74) is 1.04. The molecule has 0 aromatic heterocycles. The molecule has 0 aliphatic carbocycles. The lowest BCUT2D eigenvalue weighted by atomic mass is 9.86. The zero-order valence-corrected chi connectivity index (χ0v) is 8.65. The number of hydrogen-bond donors (Lipinski definition) is 3. The number of rotatable bonds is 1. The molecule has 3 N–H and O–H groups in total. The predicted molar refractivity (Wildman–Crippen MR) is 54.0 cm³/mol. The molecule has 0 aliphatic heterocycles. The molecular weight excluding hydrogens is 180 g/mol. The molecule has 0 spiro atoms. The summed E-state index contributed by atoms with van der Waals surface area (Å²) in [6, 6.07) is 4.87. The second kappa shape index (κ2) is 3.59. The van der Waals surface area contributed by atoms with Gasteiger partial charge < -0.3 is 15.3 Å². The van der Waals surface area contributed by atoms with Crippen molar-refractivity contribution in [2.24, 2.45) is 0 Å². The Bertz CT molecular complexity index is 324. The van der Waals surface area contributed by atoms with Gasteiger partial charge >= 0.3 is 0 Å². The lowest BCUT2D eigenvalue weighted by Gasteiger charge is -2.20. The molecule has 0 unspecified atom stereocenters. The summed E-state index contributed by atoms with van der Waals surface area (Å²) in [7, 11) is 0. The number of benzene rings is 1. The number of aromatic hydroxyl groups is 1. The highest BCUT2D eigenvalue weighted by molar-refractivity contribution is 5.39. The van der Waals surface area contributed by atoms with Crippen LogP contribution in [0.4, 0.5) is 0 Å². The van der Waals surface area contributed by atoms with Crippen molar-refractivity contribution in [2.75, 3.05) is 0 Å². The number of phenols is 1. The maximum absolute atomic E-state index is 9.35. The van der Waals surface area contributed by atoms with Crippen LogP contribution in [0.25, 0.3) is 0 Å². The predicted octanol–water partition coefficient (Wildman–Crippen LogP) is 1.67. The van der Waals surface area contributed by atoms with Crippen molar-refractivity contribution in [1.29, 1.82) is 0 Å². The minimum absolute atomic E-state index is 0.0721. The molecule has 0 heterocycles. The van der Waals surface area contributed by atoms with Crippen LogP contribution in [0.15, 0.2) is 18.2 Å². The fraction of sp³-hybridized carbons (Fsp3) is 0.455. The smallest absolute Gasteiger partial charge is 0.182 e. The van der Waals surface area contributed by atoms with Gasteiger partial charge in [0.05, 0.1) is 0 Å². The summed E-state index contributed by atoms with van der Waals surface area (Å²) in [5.74, 6) is -0.0898. The zero-order chi connectivity index (χ0) is 10.9. The third-order valence-electron chi connectivity index (χ3n) is 2.17. The maximum atomic E-state index is 9.35. The highest BCUT2D eigenvalue weighted by Gasteiger charge is 2.17. The minimum Gasteiger partial charge on any atom is -0.507 e. The minimum atomic E-state index is -1.63. The van der Waals surface area contributed by atoms with E-state index in [1.165, 1.54) is 6.07 Å². The van der Waals surface area contributed by atoms with Crippen LogP contribution in [0.2, 0.25) is 0 Å². The standard InChI is InChI=1S/C11H16O3/c1-11(2,3)7-4-5-9(12)8(6-7)10(13)14/h4-6,10,12-14H,1-3H3. The molecule has 1 aromatic rings. The van der Waals surface area contributed by atoms with Crippen molar-refractivity contribution in [3.63, 3.8) is 0 Å². The third-order valence-corrected chi connectivity index (χ3v) is 2.17. The molecule has 0 fully saturated rings. The van der Waals surface area contributed by atoms with Gasteiger partial charge in [-0.15, -0.1) is 0 Å². The van der Waals surface area contributed by atoms with Gasteiger partial charge in [0.2, 0.25) is 0 Å². The molecule has 0 atom stereocenters. The van der Waals surface area contributed by atoms with E-state index in [-0.39, 0.29) is 16.7 Å². The van der Waals surface area contributed by atoms with Crippen molar-refractivity contribution in [3.05, 3.63) is 29.3 Å². The van der Waals surface area contributed by atoms with E-state index >= 15 is 0 Å². The van der Waals surface area contributed by atoms with Crippen LogP contribution >= 0.6 is 0 Å². The van der Waals surface area contributed by atoms with Crippen LogP contribution in [0.5, 0.6) is 5.75 Å². The number of aliphatic hydroxyl groups excluding tert-OH is 1. The Labute approximate surface area is 83.6 Å². The Hall–Kier alpha value is -1.06. The summed E-state index contributed by atoms with van der Waals surface area (Å²) in [4.78, 5) is 0. The average Bonchev–Trinajstić information content (AvgIpc) is 2.02. The molecule has 0 amide bonds. The van der Waals surface area contributed by atoms with Gasteiger partial charge in [-0.05, 0) is 23.1 Å². The molecule has 1 rings (SSSR count). The van der Waals surface area contributed by atoms with Crippen LogP contribution in [0.3, 0.4) is 0 Å². The summed E-state index contributed by atoms with van der Waals surface area (Å²) < 4.78 is 0. The van der Waals surface area contributed by atoms with Gasteiger partial charge in [-0.2, -0.15) is 0 Å². The van der Waals surface area contributed by atoms with E-state index in [9.17, 15) is 5.11 Å². The molecule has 1 aromatic carbocycles. The van der Waals surface area contributed by atoms with E-state index in [0.717, 1.165) is 5.56 Å². The molecule has 0 aliphatic rings. The Kier molecular flexibility index (Phi) is 2.83. The topological polar surface area (TPSA) is 60.7 Å². The van der Waals surface area contributed by atoms with Crippen LogP contribution in [-0.4, -0.2) is 15.3 Å². The van der Waals surface area contributed by atoms with Gasteiger partial charge in [0.1, 0.15) is 5.75 Å². The molecule has 78 valence electrons. The van der Waals surface area contributed by atoms with E-state index in [1.54, 1.807) is 12.1 Å². The van der Waals surface area contributed by atoms with Crippen LogP contribution in [0, 0.1) is 0 Å². The first-order valence-corrected chi connectivity index (χ1v) is 4.52. The van der Waals surface area contributed by atoms with Gasteiger partial charge in [-0.25, -0.2) is 0 Å². The quantitative estimate of drug-likeness (QED) is 0.599. The summed E-state index contributed by atoms with van der Waals surface area (Å²) in [5, 5.41) is 27.3.